The van der Waals surface area contributed by atoms with Crippen LogP contribution in [0.1, 0.15) is 20.8 Å². The zero-order valence-electron chi connectivity index (χ0n) is 11.2. The third-order valence-electron chi connectivity index (χ3n) is 2.49. The summed E-state index contributed by atoms with van der Waals surface area (Å²) in [6.45, 7) is 5.39. The normalized spacial score (nSPS) is 11.3. The van der Waals surface area contributed by atoms with Gasteiger partial charge in [0.15, 0.2) is 0 Å². The van der Waals surface area contributed by atoms with Gasteiger partial charge in [-0.15, -0.1) is 0 Å². The Morgan fingerprint density at radius 3 is 2.58 bits per heavy atom. The number of fused-ring (bicyclic) bond motifs is 1. The molecule has 0 radical (unpaired) electrons. The molecule has 0 spiro atoms. The van der Waals surface area contributed by atoms with Gasteiger partial charge in [0.05, 0.1) is 0 Å². The lowest BCUT2D eigenvalue weighted by Gasteiger charge is -2.19. The molecule has 0 aromatic heterocycles. The molecule has 0 saturated heterocycles. The van der Waals surface area contributed by atoms with Crippen molar-refractivity contribution in [1.82, 2.24) is 0 Å². The highest BCUT2D eigenvalue weighted by Crippen LogP contribution is 2.28. The minimum absolute atomic E-state index is 0.129. The van der Waals surface area contributed by atoms with Crippen molar-refractivity contribution in [3.63, 3.8) is 0 Å². The van der Waals surface area contributed by atoms with Gasteiger partial charge in [-0.25, -0.2) is 4.79 Å². The maximum absolute atomic E-state index is 11.7. The molecule has 0 unspecified atom stereocenters. The third kappa shape index (κ3) is 3.37. The fourth-order valence-electron chi connectivity index (χ4n) is 1.78. The number of anilines is 1. The van der Waals surface area contributed by atoms with Crippen LogP contribution in [0.15, 0.2) is 36.4 Å². The van der Waals surface area contributed by atoms with Crippen LogP contribution in [0.3, 0.4) is 0 Å². The lowest BCUT2D eigenvalue weighted by atomic mass is 10.1. The summed E-state index contributed by atoms with van der Waals surface area (Å²) in [7, 11) is 0. The molecule has 2 N–H and O–H groups in total. The predicted molar refractivity (Wildman–Crippen MR) is 75.5 cm³/mol. The van der Waals surface area contributed by atoms with E-state index in [4.69, 9.17) is 4.74 Å². The first kappa shape index (κ1) is 13.2. The van der Waals surface area contributed by atoms with Crippen molar-refractivity contribution in [3.8, 4) is 5.75 Å². The first-order valence-corrected chi connectivity index (χ1v) is 6.07. The highest BCUT2D eigenvalue weighted by Gasteiger charge is 2.16. The van der Waals surface area contributed by atoms with Crippen LogP contribution in [0.4, 0.5) is 10.5 Å². The second-order valence-electron chi connectivity index (χ2n) is 5.34. The Morgan fingerprint density at radius 1 is 1.21 bits per heavy atom. The van der Waals surface area contributed by atoms with Crippen molar-refractivity contribution in [3.05, 3.63) is 36.4 Å². The number of benzene rings is 2. The molecule has 0 fully saturated rings. The Kier molecular flexibility index (Phi) is 3.34. The number of hydrogen-bond donors (Lipinski definition) is 2. The highest BCUT2D eigenvalue weighted by molar-refractivity contribution is 5.94. The molecule has 0 aliphatic heterocycles. The van der Waals surface area contributed by atoms with E-state index < -0.39 is 11.7 Å². The average molecular weight is 259 g/mol. The number of aromatic hydroxyl groups is 1. The van der Waals surface area contributed by atoms with Crippen LogP contribution in [0, 0.1) is 0 Å². The molecule has 2 aromatic carbocycles. The molecule has 0 saturated carbocycles. The van der Waals surface area contributed by atoms with E-state index in [1.165, 1.54) is 6.07 Å². The molecule has 0 atom stereocenters. The fraction of sp³-hybridized carbons (Fsp3) is 0.267. The van der Waals surface area contributed by atoms with E-state index >= 15 is 0 Å². The molecule has 0 bridgehead atoms. The van der Waals surface area contributed by atoms with Crippen LogP contribution in [0.2, 0.25) is 0 Å². The molecular weight excluding hydrogens is 242 g/mol. The Hall–Kier alpha value is -2.23. The SMILES string of the molecule is CC(C)(C)OC(=O)Nc1cc(O)c2ccccc2c1. The van der Waals surface area contributed by atoms with Gasteiger partial charge in [0.2, 0.25) is 0 Å². The first-order valence-electron chi connectivity index (χ1n) is 6.07. The fourth-order valence-corrected chi connectivity index (χ4v) is 1.78. The molecule has 2 rings (SSSR count). The number of carbonyl (C=O) groups is 1. The molecule has 4 heteroatoms. The van der Waals surface area contributed by atoms with E-state index in [0.717, 1.165) is 10.8 Å². The first-order chi connectivity index (χ1) is 8.85. The standard InChI is InChI=1S/C15H17NO3/c1-15(2,3)19-14(18)16-11-8-10-6-4-5-7-12(10)13(17)9-11/h4-9,17H,1-3H3,(H,16,18). The Labute approximate surface area is 112 Å². The molecule has 2 aromatic rings. The number of phenolic OH excluding ortho intramolecular Hbond substituents is 1. The predicted octanol–water partition coefficient (Wildman–Crippen LogP) is 3.89. The van der Waals surface area contributed by atoms with Gasteiger partial charge in [-0.05, 0) is 32.2 Å². The van der Waals surface area contributed by atoms with Crippen LogP contribution in [0.25, 0.3) is 10.8 Å². The van der Waals surface area contributed by atoms with Gasteiger partial charge in [0, 0.05) is 17.1 Å². The Morgan fingerprint density at radius 2 is 1.89 bits per heavy atom. The van der Waals surface area contributed by atoms with Gasteiger partial charge < -0.3 is 9.84 Å². The van der Waals surface area contributed by atoms with Crippen molar-refractivity contribution in [1.29, 1.82) is 0 Å². The zero-order chi connectivity index (χ0) is 14.0. The van der Waals surface area contributed by atoms with E-state index in [2.05, 4.69) is 5.32 Å². The molecular formula is C15H17NO3. The monoisotopic (exact) mass is 259 g/mol. The Balaban J connectivity index is 2.24. The van der Waals surface area contributed by atoms with Gasteiger partial charge in [-0.3, -0.25) is 5.32 Å². The molecule has 0 heterocycles. The minimum atomic E-state index is -0.553. The van der Waals surface area contributed by atoms with E-state index in [0.29, 0.717) is 5.69 Å². The number of phenols is 1. The lowest BCUT2D eigenvalue weighted by Crippen LogP contribution is -2.27. The van der Waals surface area contributed by atoms with Crippen LogP contribution < -0.4 is 5.32 Å². The maximum Gasteiger partial charge on any atom is 0.412 e. The molecule has 0 aliphatic carbocycles. The summed E-state index contributed by atoms with van der Waals surface area (Å²) in [5.74, 6) is 0.129. The molecule has 4 nitrogen and oxygen atoms in total. The molecule has 0 aliphatic rings. The minimum Gasteiger partial charge on any atom is -0.507 e. The summed E-state index contributed by atoms with van der Waals surface area (Å²) in [5.41, 5.74) is -0.0476. The van der Waals surface area contributed by atoms with Crippen molar-refractivity contribution in [2.75, 3.05) is 5.32 Å². The van der Waals surface area contributed by atoms with Gasteiger partial charge in [-0.2, -0.15) is 0 Å². The van der Waals surface area contributed by atoms with Crippen molar-refractivity contribution in [2.45, 2.75) is 26.4 Å². The number of rotatable bonds is 1. The molecule has 19 heavy (non-hydrogen) atoms. The van der Waals surface area contributed by atoms with Crippen molar-refractivity contribution in [2.24, 2.45) is 0 Å². The second kappa shape index (κ2) is 4.80. The number of amides is 1. The molecule has 1 amide bonds. The summed E-state index contributed by atoms with van der Waals surface area (Å²) in [4.78, 5) is 11.7. The summed E-state index contributed by atoms with van der Waals surface area (Å²) >= 11 is 0. The van der Waals surface area contributed by atoms with E-state index in [9.17, 15) is 9.90 Å². The zero-order valence-corrected chi connectivity index (χ0v) is 11.2. The number of carbonyl (C=O) groups excluding carboxylic acids is 1. The van der Waals surface area contributed by atoms with Crippen LogP contribution in [-0.2, 0) is 4.74 Å². The smallest absolute Gasteiger partial charge is 0.412 e. The van der Waals surface area contributed by atoms with Crippen LogP contribution in [-0.4, -0.2) is 16.8 Å². The topological polar surface area (TPSA) is 58.6 Å². The quantitative estimate of drug-likeness (QED) is 0.816. The maximum atomic E-state index is 11.7. The van der Waals surface area contributed by atoms with Gasteiger partial charge in [0.25, 0.3) is 0 Å². The highest BCUT2D eigenvalue weighted by atomic mass is 16.6. The molecule has 100 valence electrons. The number of ether oxygens (including phenoxy) is 1. The summed E-state index contributed by atoms with van der Waals surface area (Å²) in [5, 5.41) is 14.1. The average Bonchev–Trinajstić information content (AvgIpc) is 2.26. The van der Waals surface area contributed by atoms with E-state index in [1.54, 1.807) is 26.8 Å². The summed E-state index contributed by atoms with van der Waals surface area (Å²) < 4.78 is 5.16. The number of hydrogen-bond acceptors (Lipinski definition) is 3. The van der Waals surface area contributed by atoms with Gasteiger partial charge in [-0.1, -0.05) is 24.3 Å². The van der Waals surface area contributed by atoms with Crippen LogP contribution in [0.5, 0.6) is 5.75 Å². The Bertz CT molecular complexity index is 614. The summed E-state index contributed by atoms with van der Waals surface area (Å²) in [6.07, 6.45) is -0.540. The lowest BCUT2D eigenvalue weighted by molar-refractivity contribution is 0.0636. The largest absolute Gasteiger partial charge is 0.507 e. The second-order valence-corrected chi connectivity index (χ2v) is 5.34. The van der Waals surface area contributed by atoms with E-state index in [1.807, 2.05) is 24.3 Å². The summed E-state index contributed by atoms with van der Waals surface area (Å²) in [6, 6.07) is 10.7. The third-order valence-corrected chi connectivity index (χ3v) is 2.49. The van der Waals surface area contributed by atoms with Crippen LogP contribution >= 0.6 is 0 Å². The van der Waals surface area contributed by atoms with Gasteiger partial charge >= 0.3 is 6.09 Å². The van der Waals surface area contributed by atoms with Crippen molar-refractivity contribution < 1.29 is 14.6 Å². The van der Waals surface area contributed by atoms with Gasteiger partial charge in [0.1, 0.15) is 11.4 Å². The van der Waals surface area contributed by atoms with Crippen molar-refractivity contribution >= 4 is 22.6 Å². The van der Waals surface area contributed by atoms with E-state index in [-0.39, 0.29) is 5.75 Å². The number of nitrogens with one attached hydrogen (secondary N) is 1.